The number of carbonyl (C=O) groups excluding carboxylic acids is 3. The molecule has 0 aliphatic rings. The second-order valence-electron chi connectivity index (χ2n) is 19.1. The molecular weight excluding hydrogens is 925 g/mol. The first-order chi connectivity index (χ1) is 37.0. The molecule has 0 saturated heterocycles. The van der Waals surface area contributed by atoms with Gasteiger partial charge in [0, 0.05) is 19.3 Å². The van der Waals surface area contributed by atoms with E-state index >= 15 is 0 Å². The van der Waals surface area contributed by atoms with Crippen molar-refractivity contribution in [1.82, 2.24) is 0 Å². The molecule has 0 radical (unpaired) electrons. The second-order valence-corrected chi connectivity index (χ2v) is 19.1. The van der Waals surface area contributed by atoms with Gasteiger partial charge in [-0.3, -0.25) is 14.4 Å². The molecular formula is C69H108O6. The van der Waals surface area contributed by atoms with E-state index in [1.165, 1.54) is 51.4 Å². The van der Waals surface area contributed by atoms with Crippen molar-refractivity contribution in [1.29, 1.82) is 0 Å². The predicted octanol–water partition coefficient (Wildman–Crippen LogP) is 20.5. The number of ether oxygens (including phenoxy) is 3. The summed E-state index contributed by atoms with van der Waals surface area (Å²) in [5, 5.41) is 0. The molecule has 0 rings (SSSR count). The number of esters is 3. The standard InChI is InChI=1S/C69H108O6/c1-4-7-10-13-16-18-20-22-24-26-28-30-31-32-33-34-35-36-37-39-40-42-44-46-48-50-53-56-59-62-68(71)74-65-66(64-73-67(70)61-58-55-52-15-12-9-6-3)75-69(72)63-60-57-54-51-49-47-45-43-41-38-29-27-25-23-21-19-17-14-11-8-5-2/h7-8,10-11,16-19,22-25,28-30,32-33,35-36,38-40,43,45,49,51,66H,4-6,9,12-15,20-21,26-27,31,34,37,41-42,44,46-48,50,52-65H2,1-3H3/b10-7-,11-8-,18-16-,19-17-,24-22-,25-23-,30-28-,33-32-,36-35-,38-29-,40-39-,45-43-,51-49-. The molecule has 0 aromatic heterocycles. The second kappa shape index (κ2) is 61.6. The van der Waals surface area contributed by atoms with Gasteiger partial charge in [-0.05, 0) is 128 Å². The van der Waals surface area contributed by atoms with Gasteiger partial charge in [-0.15, -0.1) is 0 Å². The van der Waals surface area contributed by atoms with E-state index in [0.717, 1.165) is 141 Å². The van der Waals surface area contributed by atoms with Crippen molar-refractivity contribution in [3.63, 3.8) is 0 Å². The summed E-state index contributed by atoms with van der Waals surface area (Å²) >= 11 is 0. The number of rotatable bonds is 52. The van der Waals surface area contributed by atoms with Gasteiger partial charge in [0.1, 0.15) is 13.2 Å². The molecule has 420 valence electrons. The maximum absolute atomic E-state index is 12.8. The van der Waals surface area contributed by atoms with Crippen molar-refractivity contribution < 1.29 is 28.6 Å². The topological polar surface area (TPSA) is 78.9 Å². The van der Waals surface area contributed by atoms with Crippen LogP contribution in [0.5, 0.6) is 0 Å². The van der Waals surface area contributed by atoms with Gasteiger partial charge in [0.2, 0.25) is 0 Å². The molecule has 1 unspecified atom stereocenters. The zero-order valence-corrected chi connectivity index (χ0v) is 48.0. The Kier molecular flexibility index (Phi) is 57.5. The van der Waals surface area contributed by atoms with Gasteiger partial charge in [-0.1, -0.05) is 249 Å². The molecule has 0 aromatic carbocycles. The summed E-state index contributed by atoms with van der Waals surface area (Å²) in [6.45, 7) is 6.31. The highest BCUT2D eigenvalue weighted by atomic mass is 16.6. The Morgan fingerprint density at radius 2 is 0.520 bits per heavy atom. The highest BCUT2D eigenvalue weighted by molar-refractivity contribution is 5.71. The Morgan fingerprint density at radius 1 is 0.280 bits per heavy atom. The molecule has 0 aliphatic heterocycles. The number of hydrogen-bond acceptors (Lipinski definition) is 6. The first-order valence-corrected chi connectivity index (χ1v) is 30.0. The van der Waals surface area contributed by atoms with Crippen molar-refractivity contribution in [3.05, 3.63) is 158 Å². The van der Waals surface area contributed by atoms with Crippen LogP contribution in [0.4, 0.5) is 0 Å². The van der Waals surface area contributed by atoms with Crippen molar-refractivity contribution in [2.75, 3.05) is 13.2 Å². The van der Waals surface area contributed by atoms with Gasteiger partial charge in [0.25, 0.3) is 0 Å². The van der Waals surface area contributed by atoms with Crippen LogP contribution in [-0.4, -0.2) is 37.2 Å². The van der Waals surface area contributed by atoms with Crippen LogP contribution in [0.3, 0.4) is 0 Å². The Morgan fingerprint density at radius 3 is 0.840 bits per heavy atom. The van der Waals surface area contributed by atoms with E-state index in [0.29, 0.717) is 19.3 Å². The molecule has 1 atom stereocenters. The monoisotopic (exact) mass is 1030 g/mol. The van der Waals surface area contributed by atoms with Crippen LogP contribution < -0.4 is 0 Å². The largest absolute Gasteiger partial charge is 0.462 e. The lowest BCUT2D eigenvalue weighted by atomic mass is 10.1. The molecule has 0 aromatic rings. The van der Waals surface area contributed by atoms with Crippen LogP contribution in [0.25, 0.3) is 0 Å². The van der Waals surface area contributed by atoms with E-state index in [9.17, 15) is 14.4 Å². The summed E-state index contributed by atoms with van der Waals surface area (Å²) in [5.41, 5.74) is 0. The summed E-state index contributed by atoms with van der Waals surface area (Å²) in [6.07, 6.45) is 89.8. The van der Waals surface area contributed by atoms with Crippen LogP contribution in [0.15, 0.2) is 158 Å². The first kappa shape index (κ1) is 70.0. The quantitative estimate of drug-likeness (QED) is 0.0261. The molecule has 6 heteroatoms. The molecule has 0 spiro atoms. The third kappa shape index (κ3) is 59.8. The predicted molar refractivity (Wildman–Crippen MR) is 325 cm³/mol. The Bertz CT molecular complexity index is 1710. The average Bonchev–Trinajstić information content (AvgIpc) is 3.41. The van der Waals surface area contributed by atoms with Crippen molar-refractivity contribution in [2.24, 2.45) is 0 Å². The van der Waals surface area contributed by atoms with Gasteiger partial charge in [-0.2, -0.15) is 0 Å². The van der Waals surface area contributed by atoms with Crippen LogP contribution in [-0.2, 0) is 28.6 Å². The highest BCUT2D eigenvalue weighted by Crippen LogP contribution is 2.13. The lowest BCUT2D eigenvalue weighted by molar-refractivity contribution is -0.167. The molecule has 6 nitrogen and oxygen atoms in total. The average molecular weight is 1030 g/mol. The maximum atomic E-state index is 12.8. The Balaban J connectivity index is 4.30. The summed E-state index contributed by atoms with van der Waals surface area (Å²) in [7, 11) is 0. The lowest BCUT2D eigenvalue weighted by Gasteiger charge is -2.18. The lowest BCUT2D eigenvalue weighted by Crippen LogP contribution is -2.30. The minimum absolute atomic E-state index is 0.105. The third-order valence-corrected chi connectivity index (χ3v) is 12.0. The molecule has 0 heterocycles. The molecule has 75 heavy (non-hydrogen) atoms. The van der Waals surface area contributed by atoms with E-state index in [1.807, 2.05) is 0 Å². The highest BCUT2D eigenvalue weighted by Gasteiger charge is 2.19. The van der Waals surface area contributed by atoms with E-state index in [2.05, 4.69) is 179 Å². The molecule has 0 fully saturated rings. The molecule has 0 saturated carbocycles. The van der Waals surface area contributed by atoms with Gasteiger partial charge in [0.15, 0.2) is 6.10 Å². The minimum Gasteiger partial charge on any atom is -0.462 e. The smallest absolute Gasteiger partial charge is 0.306 e. The molecule has 0 amide bonds. The third-order valence-electron chi connectivity index (χ3n) is 12.0. The van der Waals surface area contributed by atoms with Crippen LogP contribution in [0, 0.1) is 0 Å². The van der Waals surface area contributed by atoms with Gasteiger partial charge in [-0.25, -0.2) is 0 Å². The fraction of sp³-hybridized carbons (Fsp3) is 0.580. The first-order valence-electron chi connectivity index (χ1n) is 30.0. The summed E-state index contributed by atoms with van der Waals surface area (Å²) in [4.78, 5) is 38.0. The van der Waals surface area contributed by atoms with Crippen molar-refractivity contribution in [3.8, 4) is 0 Å². The molecule has 0 N–H and O–H groups in total. The summed E-state index contributed by atoms with van der Waals surface area (Å²) < 4.78 is 16.7. The molecule has 0 bridgehead atoms. The van der Waals surface area contributed by atoms with Gasteiger partial charge >= 0.3 is 17.9 Å². The van der Waals surface area contributed by atoms with E-state index in [1.54, 1.807) is 0 Å². The summed E-state index contributed by atoms with van der Waals surface area (Å²) in [5.74, 6) is -0.975. The van der Waals surface area contributed by atoms with Gasteiger partial charge < -0.3 is 14.2 Å². The minimum atomic E-state index is -0.811. The zero-order valence-electron chi connectivity index (χ0n) is 48.0. The van der Waals surface area contributed by atoms with Crippen LogP contribution >= 0.6 is 0 Å². The normalized spacial score (nSPS) is 13.3. The summed E-state index contributed by atoms with van der Waals surface area (Å²) in [6, 6.07) is 0. The van der Waals surface area contributed by atoms with E-state index in [4.69, 9.17) is 14.2 Å². The van der Waals surface area contributed by atoms with Crippen molar-refractivity contribution in [2.45, 2.75) is 245 Å². The number of carbonyl (C=O) groups is 3. The Hall–Kier alpha value is -4.97. The van der Waals surface area contributed by atoms with E-state index in [-0.39, 0.29) is 37.5 Å². The Labute approximate surface area is 460 Å². The zero-order chi connectivity index (χ0) is 54.3. The van der Waals surface area contributed by atoms with E-state index < -0.39 is 6.10 Å². The van der Waals surface area contributed by atoms with Crippen LogP contribution in [0.2, 0.25) is 0 Å². The number of hydrogen-bond donors (Lipinski definition) is 0. The number of unbranched alkanes of at least 4 members (excludes halogenated alkanes) is 15. The fourth-order valence-corrected chi connectivity index (χ4v) is 7.60. The van der Waals surface area contributed by atoms with Crippen molar-refractivity contribution >= 4 is 17.9 Å². The maximum Gasteiger partial charge on any atom is 0.306 e. The van der Waals surface area contributed by atoms with Gasteiger partial charge in [0.05, 0.1) is 0 Å². The SMILES string of the molecule is CC/C=C\C/C=C\C/C=C\C/C=C\C/C=C\C/C=C\C/C=C\CCCCCCCCCC(=O)OCC(COC(=O)CCCCCCCCC)OC(=O)CCCC/C=C\C/C=C\C/C=C\C/C=C\C/C=C\C/C=C\CC. The fourth-order valence-electron chi connectivity index (χ4n) is 7.60. The van der Waals surface area contributed by atoms with Crippen LogP contribution in [0.1, 0.15) is 239 Å². The molecule has 0 aliphatic carbocycles. The number of allylic oxidation sites excluding steroid dienone is 26.